The van der Waals surface area contributed by atoms with Crippen molar-refractivity contribution in [3.63, 3.8) is 0 Å². The van der Waals surface area contributed by atoms with E-state index in [1.807, 2.05) is 17.4 Å². The molecule has 74 valence electrons. The summed E-state index contributed by atoms with van der Waals surface area (Å²) < 4.78 is 6.62. The average Bonchev–Trinajstić information content (AvgIpc) is 2.60. The lowest BCUT2D eigenvalue weighted by Crippen LogP contribution is -1.84. The number of thiophene rings is 1. The first-order chi connectivity index (χ1) is 6.76. The Hall–Kier alpha value is -0.670. The Bertz CT molecular complexity index is 460. The Kier molecular flexibility index (Phi) is 2.70. The van der Waals surface area contributed by atoms with Crippen molar-refractivity contribution in [3.05, 3.63) is 23.1 Å². The number of hydrogen-bond acceptors (Lipinski definition) is 3. The minimum atomic E-state index is 0.891. The first kappa shape index (κ1) is 9.87. The van der Waals surface area contributed by atoms with Gasteiger partial charge in [0.25, 0.3) is 0 Å². The molecule has 0 atom stereocenters. The molecule has 0 spiro atoms. The van der Waals surface area contributed by atoms with Crippen molar-refractivity contribution < 1.29 is 4.74 Å². The quantitative estimate of drug-likeness (QED) is 0.764. The number of thiol groups is 1. The van der Waals surface area contributed by atoms with Gasteiger partial charge >= 0.3 is 0 Å². The minimum Gasteiger partial charge on any atom is -0.495 e. The van der Waals surface area contributed by atoms with E-state index in [-0.39, 0.29) is 0 Å². The lowest BCUT2D eigenvalue weighted by Gasteiger charge is -2.03. The molecule has 2 aromatic rings. The van der Waals surface area contributed by atoms with Gasteiger partial charge in [0.1, 0.15) is 5.75 Å². The zero-order chi connectivity index (χ0) is 10.1. The standard InChI is InChI=1S/C11H12OS2/c1-3-7-6-8-10(14-7)5-4-9(13)11(8)12-2/h4-6,13H,3H2,1-2H3. The van der Waals surface area contributed by atoms with Crippen molar-refractivity contribution in [1.29, 1.82) is 0 Å². The normalized spacial score (nSPS) is 10.8. The lowest BCUT2D eigenvalue weighted by molar-refractivity contribution is 0.410. The van der Waals surface area contributed by atoms with Crippen molar-refractivity contribution in [3.8, 4) is 5.75 Å². The van der Waals surface area contributed by atoms with Gasteiger partial charge in [0, 0.05) is 19.9 Å². The summed E-state index contributed by atoms with van der Waals surface area (Å²) in [5.74, 6) is 0.891. The second-order valence-electron chi connectivity index (χ2n) is 3.10. The fourth-order valence-electron chi connectivity index (χ4n) is 1.52. The Labute approximate surface area is 93.1 Å². The smallest absolute Gasteiger partial charge is 0.140 e. The molecule has 1 nitrogen and oxygen atoms in total. The van der Waals surface area contributed by atoms with E-state index in [1.165, 1.54) is 15.0 Å². The topological polar surface area (TPSA) is 9.23 Å². The molecule has 14 heavy (non-hydrogen) atoms. The van der Waals surface area contributed by atoms with Crippen molar-refractivity contribution >= 4 is 34.1 Å². The lowest BCUT2D eigenvalue weighted by atomic mass is 10.2. The van der Waals surface area contributed by atoms with E-state index in [2.05, 4.69) is 31.7 Å². The van der Waals surface area contributed by atoms with Crippen LogP contribution in [0.15, 0.2) is 23.1 Å². The van der Waals surface area contributed by atoms with Crippen molar-refractivity contribution in [2.45, 2.75) is 18.2 Å². The second kappa shape index (κ2) is 3.83. The van der Waals surface area contributed by atoms with Gasteiger partial charge in [-0.3, -0.25) is 0 Å². The average molecular weight is 224 g/mol. The third-order valence-corrected chi connectivity index (χ3v) is 3.83. The highest BCUT2D eigenvalue weighted by molar-refractivity contribution is 7.80. The highest BCUT2D eigenvalue weighted by Gasteiger charge is 2.08. The molecule has 1 aromatic heterocycles. The van der Waals surface area contributed by atoms with E-state index in [1.54, 1.807) is 7.11 Å². The van der Waals surface area contributed by atoms with E-state index in [9.17, 15) is 0 Å². The first-order valence-electron chi connectivity index (χ1n) is 4.54. The van der Waals surface area contributed by atoms with E-state index in [0.29, 0.717) is 0 Å². The molecule has 0 unspecified atom stereocenters. The third kappa shape index (κ3) is 1.51. The maximum absolute atomic E-state index is 5.35. The van der Waals surface area contributed by atoms with Crippen LogP contribution in [-0.2, 0) is 6.42 Å². The van der Waals surface area contributed by atoms with Gasteiger partial charge in [-0.1, -0.05) is 6.92 Å². The molecule has 0 saturated heterocycles. The summed E-state index contributed by atoms with van der Waals surface area (Å²) in [6, 6.07) is 6.28. The highest BCUT2D eigenvalue weighted by Crippen LogP contribution is 2.37. The van der Waals surface area contributed by atoms with E-state index < -0.39 is 0 Å². The van der Waals surface area contributed by atoms with Gasteiger partial charge in [0.05, 0.1) is 7.11 Å². The number of hydrogen-bond donors (Lipinski definition) is 1. The zero-order valence-electron chi connectivity index (χ0n) is 8.20. The van der Waals surface area contributed by atoms with Crippen molar-refractivity contribution in [2.24, 2.45) is 0 Å². The molecule has 0 saturated carbocycles. The monoisotopic (exact) mass is 224 g/mol. The van der Waals surface area contributed by atoms with Crippen LogP contribution in [0.25, 0.3) is 10.1 Å². The summed E-state index contributed by atoms with van der Waals surface area (Å²) in [7, 11) is 1.69. The van der Waals surface area contributed by atoms with Crippen LogP contribution in [0.4, 0.5) is 0 Å². The number of benzene rings is 1. The Balaban J connectivity index is 2.73. The molecule has 1 heterocycles. The van der Waals surface area contributed by atoms with Gasteiger partial charge in [-0.05, 0) is 24.6 Å². The molecule has 1 aromatic carbocycles. The molecule has 0 aliphatic carbocycles. The van der Waals surface area contributed by atoms with E-state index in [4.69, 9.17) is 4.74 Å². The van der Waals surface area contributed by atoms with Gasteiger partial charge in [0.2, 0.25) is 0 Å². The van der Waals surface area contributed by atoms with Crippen LogP contribution >= 0.6 is 24.0 Å². The summed E-state index contributed by atoms with van der Waals surface area (Å²) in [5.41, 5.74) is 0. The van der Waals surface area contributed by atoms with Crippen LogP contribution in [0.2, 0.25) is 0 Å². The van der Waals surface area contributed by atoms with Crippen molar-refractivity contribution in [1.82, 2.24) is 0 Å². The van der Waals surface area contributed by atoms with Crippen LogP contribution in [-0.4, -0.2) is 7.11 Å². The first-order valence-corrected chi connectivity index (χ1v) is 5.81. The van der Waals surface area contributed by atoms with Crippen molar-refractivity contribution in [2.75, 3.05) is 7.11 Å². The van der Waals surface area contributed by atoms with Gasteiger partial charge in [0.15, 0.2) is 0 Å². The molecule has 0 aliphatic rings. The molecule has 0 fully saturated rings. The predicted octanol–water partition coefficient (Wildman–Crippen LogP) is 3.76. The molecule has 0 bridgehead atoms. The zero-order valence-corrected chi connectivity index (χ0v) is 9.91. The molecule has 2 rings (SSSR count). The number of aryl methyl sites for hydroxylation is 1. The van der Waals surface area contributed by atoms with Crippen LogP contribution in [0, 0.1) is 0 Å². The van der Waals surface area contributed by atoms with E-state index >= 15 is 0 Å². The van der Waals surface area contributed by atoms with Gasteiger partial charge in [-0.25, -0.2) is 0 Å². The number of methoxy groups -OCH3 is 1. The molecule has 0 radical (unpaired) electrons. The van der Waals surface area contributed by atoms with Crippen LogP contribution < -0.4 is 4.74 Å². The van der Waals surface area contributed by atoms with E-state index in [0.717, 1.165) is 17.1 Å². The maximum atomic E-state index is 5.35. The molecule has 0 aliphatic heterocycles. The fourth-order valence-corrected chi connectivity index (χ4v) is 2.80. The predicted molar refractivity (Wildman–Crippen MR) is 65.0 cm³/mol. The Morgan fingerprint density at radius 3 is 2.86 bits per heavy atom. The number of fused-ring (bicyclic) bond motifs is 1. The molecule has 0 amide bonds. The van der Waals surface area contributed by atoms with Gasteiger partial charge in [-0.2, -0.15) is 0 Å². The molecule has 3 heteroatoms. The SMILES string of the molecule is CCc1cc2c(OC)c(S)ccc2s1. The second-order valence-corrected chi connectivity index (χ2v) is 4.75. The molecular weight excluding hydrogens is 212 g/mol. The number of rotatable bonds is 2. The summed E-state index contributed by atoms with van der Waals surface area (Å²) in [4.78, 5) is 2.29. The fraction of sp³-hybridized carbons (Fsp3) is 0.273. The summed E-state index contributed by atoms with van der Waals surface area (Å²) >= 11 is 6.19. The van der Waals surface area contributed by atoms with Crippen LogP contribution in [0.5, 0.6) is 5.75 Å². The Morgan fingerprint density at radius 1 is 1.43 bits per heavy atom. The Morgan fingerprint density at radius 2 is 2.21 bits per heavy atom. The summed E-state index contributed by atoms with van der Waals surface area (Å²) in [6.07, 6.45) is 1.07. The largest absolute Gasteiger partial charge is 0.495 e. The summed E-state index contributed by atoms with van der Waals surface area (Å²) in [5, 5.41) is 1.18. The van der Waals surface area contributed by atoms with Gasteiger partial charge < -0.3 is 4.74 Å². The van der Waals surface area contributed by atoms with Gasteiger partial charge in [-0.15, -0.1) is 24.0 Å². The summed E-state index contributed by atoms with van der Waals surface area (Å²) in [6.45, 7) is 2.17. The minimum absolute atomic E-state index is 0.891. The third-order valence-electron chi connectivity index (χ3n) is 2.23. The van der Waals surface area contributed by atoms with Crippen LogP contribution in [0.3, 0.4) is 0 Å². The highest BCUT2D eigenvalue weighted by atomic mass is 32.1. The molecular formula is C11H12OS2. The maximum Gasteiger partial charge on any atom is 0.140 e. The number of ether oxygens (including phenoxy) is 1. The van der Waals surface area contributed by atoms with Crippen LogP contribution in [0.1, 0.15) is 11.8 Å². The molecule has 0 N–H and O–H groups in total.